The molecule has 1 heterocycles. The molecule has 0 saturated carbocycles. The van der Waals surface area contributed by atoms with Crippen molar-refractivity contribution in [2.24, 2.45) is 5.84 Å². The zero-order chi connectivity index (χ0) is 16.0. The maximum atomic E-state index is 12.9. The Morgan fingerprint density at radius 1 is 1.33 bits per heavy atom. The number of nitrogens with two attached hydrogens (primary N) is 1. The highest BCUT2D eigenvalue weighted by atomic mass is 19.4. The molecular weight excluding hydrogens is 287 g/mol. The number of rotatable bonds is 7. The molecule has 0 aliphatic rings. The van der Waals surface area contributed by atoms with Gasteiger partial charge < -0.3 is 10.0 Å². The first-order chi connectivity index (χ1) is 9.87. The molecule has 0 aromatic carbocycles. The molecule has 0 fully saturated rings. The summed E-state index contributed by atoms with van der Waals surface area (Å²) < 4.78 is 38.6. The van der Waals surface area contributed by atoms with Crippen molar-refractivity contribution in [2.45, 2.75) is 38.9 Å². The number of halogens is 3. The van der Waals surface area contributed by atoms with E-state index in [1.165, 1.54) is 0 Å². The van der Waals surface area contributed by atoms with Crippen LogP contribution < -0.4 is 16.2 Å². The highest BCUT2D eigenvalue weighted by Gasteiger charge is 2.34. The molecule has 0 spiro atoms. The molecule has 0 bridgehead atoms. The summed E-state index contributed by atoms with van der Waals surface area (Å²) in [6.45, 7) is 3.84. The summed E-state index contributed by atoms with van der Waals surface area (Å²) >= 11 is 0. The number of hydrazine groups is 1. The molecule has 1 rings (SSSR count). The van der Waals surface area contributed by atoms with E-state index in [0.717, 1.165) is 6.07 Å². The molecule has 4 N–H and O–H groups in total. The Kier molecular flexibility index (Phi) is 6.16. The van der Waals surface area contributed by atoms with Gasteiger partial charge in [0.05, 0.1) is 6.61 Å². The van der Waals surface area contributed by atoms with E-state index in [0.29, 0.717) is 12.8 Å². The van der Waals surface area contributed by atoms with Crippen LogP contribution in [0.2, 0.25) is 0 Å². The number of aliphatic hydroxyl groups is 1. The zero-order valence-corrected chi connectivity index (χ0v) is 12.0. The number of aromatic nitrogens is 2. The van der Waals surface area contributed by atoms with Crippen LogP contribution in [0.15, 0.2) is 6.07 Å². The predicted octanol–water partition coefficient (Wildman–Crippen LogP) is 1.77. The molecule has 6 nitrogen and oxygen atoms in total. The lowest BCUT2D eigenvalue weighted by atomic mass is 10.1. The SMILES string of the molecule is CCC(CC)N(CCO)c1cc(C(F)(F)F)nc(NN)n1. The van der Waals surface area contributed by atoms with Crippen molar-refractivity contribution in [3.05, 3.63) is 11.8 Å². The van der Waals surface area contributed by atoms with E-state index in [1.54, 1.807) is 4.90 Å². The predicted molar refractivity (Wildman–Crippen MR) is 73.6 cm³/mol. The fraction of sp³-hybridized carbons (Fsp3) is 0.667. The number of nitrogen functional groups attached to an aromatic ring is 1. The number of anilines is 2. The lowest BCUT2D eigenvalue weighted by Gasteiger charge is -2.31. The summed E-state index contributed by atoms with van der Waals surface area (Å²) in [5.41, 5.74) is 0.966. The summed E-state index contributed by atoms with van der Waals surface area (Å²) in [5.74, 6) is 4.92. The lowest BCUT2D eigenvalue weighted by molar-refractivity contribution is -0.141. The third-order valence-corrected chi connectivity index (χ3v) is 3.15. The number of hydrogen-bond donors (Lipinski definition) is 3. The third-order valence-electron chi connectivity index (χ3n) is 3.15. The average Bonchev–Trinajstić information content (AvgIpc) is 2.46. The van der Waals surface area contributed by atoms with Crippen molar-refractivity contribution in [2.75, 3.05) is 23.5 Å². The summed E-state index contributed by atoms with van der Waals surface area (Å²) in [6, 6.07) is 0.841. The van der Waals surface area contributed by atoms with Gasteiger partial charge in [0.15, 0.2) is 5.69 Å². The Balaban J connectivity index is 3.29. The van der Waals surface area contributed by atoms with Crippen LogP contribution in [-0.4, -0.2) is 34.3 Å². The van der Waals surface area contributed by atoms with E-state index in [2.05, 4.69) is 9.97 Å². The topological polar surface area (TPSA) is 87.3 Å². The number of aliphatic hydroxyl groups excluding tert-OH is 1. The second-order valence-corrected chi connectivity index (χ2v) is 4.46. The monoisotopic (exact) mass is 307 g/mol. The van der Waals surface area contributed by atoms with Gasteiger partial charge in [0.1, 0.15) is 5.82 Å². The van der Waals surface area contributed by atoms with Crippen LogP contribution in [0.25, 0.3) is 0 Å². The highest BCUT2D eigenvalue weighted by molar-refractivity contribution is 5.46. The summed E-state index contributed by atoms with van der Waals surface area (Å²) in [6.07, 6.45) is -3.16. The molecule has 120 valence electrons. The van der Waals surface area contributed by atoms with Crippen molar-refractivity contribution < 1.29 is 18.3 Å². The Morgan fingerprint density at radius 3 is 2.38 bits per heavy atom. The van der Waals surface area contributed by atoms with Crippen LogP contribution in [0, 0.1) is 0 Å². The molecule has 0 aliphatic carbocycles. The molecule has 0 atom stereocenters. The number of hydrogen-bond acceptors (Lipinski definition) is 6. The van der Waals surface area contributed by atoms with Gasteiger partial charge in [-0.2, -0.15) is 18.2 Å². The molecule has 0 aliphatic heterocycles. The minimum absolute atomic E-state index is 0.0289. The second-order valence-electron chi connectivity index (χ2n) is 4.46. The summed E-state index contributed by atoms with van der Waals surface area (Å²) in [7, 11) is 0. The van der Waals surface area contributed by atoms with E-state index >= 15 is 0 Å². The van der Waals surface area contributed by atoms with E-state index in [-0.39, 0.29) is 31.0 Å². The van der Waals surface area contributed by atoms with Crippen molar-refractivity contribution in [1.82, 2.24) is 9.97 Å². The highest BCUT2D eigenvalue weighted by Crippen LogP contribution is 2.31. The minimum atomic E-state index is -4.60. The maximum absolute atomic E-state index is 12.9. The van der Waals surface area contributed by atoms with E-state index < -0.39 is 11.9 Å². The molecule has 1 aromatic heterocycles. The quantitative estimate of drug-likeness (QED) is 0.526. The standard InChI is InChI=1S/C12H20F3N5O/c1-3-8(4-2)20(5-6-21)10-7-9(12(13,14)15)17-11(18-10)19-16/h7-8,21H,3-6,16H2,1-2H3,(H,17,18,19). The first-order valence-electron chi connectivity index (χ1n) is 6.67. The fourth-order valence-corrected chi connectivity index (χ4v) is 2.11. The Hall–Kier alpha value is -1.61. The Bertz CT molecular complexity index is 451. The van der Waals surface area contributed by atoms with Crippen LogP contribution >= 0.6 is 0 Å². The van der Waals surface area contributed by atoms with Crippen LogP contribution in [0.1, 0.15) is 32.4 Å². The van der Waals surface area contributed by atoms with Crippen LogP contribution in [0.3, 0.4) is 0 Å². The normalized spacial score (nSPS) is 11.8. The zero-order valence-electron chi connectivity index (χ0n) is 12.0. The maximum Gasteiger partial charge on any atom is 0.433 e. The summed E-state index contributed by atoms with van der Waals surface area (Å²) in [4.78, 5) is 8.92. The van der Waals surface area contributed by atoms with E-state index in [9.17, 15) is 13.2 Å². The van der Waals surface area contributed by atoms with E-state index in [4.69, 9.17) is 10.9 Å². The van der Waals surface area contributed by atoms with E-state index in [1.807, 2.05) is 19.3 Å². The van der Waals surface area contributed by atoms with Gasteiger partial charge in [-0.05, 0) is 12.8 Å². The van der Waals surface area contributed by atoms with Crippen molar-refractivity contribution >= 4 is 11.8 Å². The van der Waals surface area contributed by atoms with Crippen molar-refractivity contribution in [1.29, 1.82) is 0 Å². The van der Waals surface area contributed by atoms with Crippen molar-refractivity contribution in [3.63, 3.8) is 0 Å². The molecule has 21 heavy (non-hydrogen) atoms. The van der Waals surface area contributed by atoms with Gasteiger partial charge in [0.25, 0.3) is 0 Å². The molecule has 0 radical (unpaired) electrons. The van der Waals surface area contributed by atoms with Gasteiger partial charge >= 0.3 is 6.18 Å². The average molecular weight is 307 g/mol. The lowest BCUT2D eigenvalue weighted by Crippen LogP contribution is -2.38. The molecular formula is C12H20F3N5O. The van der Waals surface area contributed by atoms with Gasteiger partial charge in [0.2, 0.25) is 5.95 Å². The van der Waals surface area contributed by atoms with Gasteiger partial charge in [-0.15, -0.1) is 0 Å². The third kappa shape index (κ3) is 4.43. The first-order valence-corrected chi connectivity index (χ1v) is 6.67. The molecule has 0 unspecified atom stereocenters. The Morgan fingerprint density at radius 2 is 1.95 bits per heavy atom. The number of nitrogens with one attached hydrogen (secondary N) is 1. The van der Waals surface area contributed by atoms with Gasteiger partial charge in [-0.25, -0.2) is 10.8 Å². The van der Waals surface area contributed by atoms with Crippen LogP contribution in [-0.2, 0) is 6.18 Å². The van der Waals surface area contributed by atoms with Crippen LogP contribution in [0.4, 0.5) is 24.9 Å². The molecule has 0 saturated heterocycles. The van der Waals surface area contributed by atoms with Gasteiger partial charge in [-0.1, -0.05) is 13.8 Å². The fourth-order valence-electron chi connectivity index (χ4n) is 2.11. The Labute approximate surface area is 121 Å². The first kappa shape index (κ1) is 17.4. The molecule has 0 amide bonds. The molecule has 1 aromatic rings. The van der Waals surface area contributed by atoms with Crippen LogP contribution in [0.5, 0.6) is 0 Å². The minimum Gasteiger partial charge on any atom is -0.395 e. The molecule has 9 heteroatoms. The van der Waals surface area contributed by atoms with Gasteiger partial charge in [-0.3, -0.25) is 5.43 Å². The second kappa shape index (κ2) is 7.41. The largest absolute Gasteiger partial charge is 0.433 e. The smallest absolute Gasteiger partial charge is 0.395 e. The number of alkyl halides is 3. The van der Waals surface area contributed by atoms with Crippen molar-refractivity contribution in [3.8, 4) is 0 Å². The number of nitrogens with zero attached hydrogens (tertiary/aromatic N) is 3. The van der Waals surface area contributed by atoms with Gasteiger partial charge in [0, 0.05) is 18.7 Å². The summed E-state index contributed by atoms with van der Waals surface area (Å²) in [5, 5.41) is 9.15.